The minimum absolute atomic E-state index is 0.355. The molecule has 0 rings (SSSR count). The summed E-state index contributed by atoms with van der Waals surface area (Å²) in [6.07, 6.45) is 1.57. The predicted molar refractivity (Wildman–Crippen MR) is 48.6 cm³/mol. The first-order chi connectivity index (χ1) is 6.31. The number of aliphatic hydroxyl groups excluding tert-OH is 1. The van der Waals surface area contributed by atoms with E-state index in [1.807, 2.05) is 6.92 Å². The van der Waals surface area contributed by atoms with E-state index < -0.39 is 0 Å². The van der Waals surface area contributed by atoms with Crippen molar-refractivity contribution in [2.75, 3.05) is 26.4 Å². The van der Waals surface area contributed by atoms with E-state index in [2.05, 4.69) is 0 Å². The summed E-state index contributed by atoms with van der Waals surface area (Å²) >= 11 is 0. The number of hydrogen-bond acceptors (Lipinski definition) is 4. The number of hydrogen-bond donors (Lipinski definition) is 1. The standard InChI is InChI=1S/C9H18O4/c1-2-9(11)8-13-7-6-12-5-3-4-10/h4,9,11H,2-3,5-8H2,1H3. The quantitative estimate of drug-likeness (QED) is 0.422. The Morgan fingerprint density at radius 1 is 1.31 bits per heavy atom. The molecule has 0 bridgehead atoms. The highest BCUT2D eigenvalue weighted by Crippen LogP contribution is 1.90. The minimum atomic E-state index is -0.380. The van der Waals surface area contributed by atoms with Crippen molar-refractivity contribution < 1.29 is 19.4 Å². The molecule has 0 heterocycles. The van der Waals surface area contributed by atoms with Gasteiger partial charge in [0.1, 0.15) is 6.29 Å². The lowest BCUT2D eigenvalue weighted by atomic mass is 10.3. The molecule has 1 N–H and O–H groups in total. The van der Waals surface area contributed by atoms with Crippen molar-refractivity contribution >= 4 is 6.29 Å². The third kappa shape index (κ3) is 9.46. The summed E-state index contributed by atoms with van der Waals surface area (Å²) in [6.45, 7) is 3.64. The fraction of sp³-hybridized carbons (Fsp3) is 0.889. The van der Waals surface area contributed by atoms with Crippen LogP contribution in [0.2, 0.25) is 0 Å². The first-order valence-electron chi connectivity index (χ1n) is 4.58. The van der Waals surface area contributed by atoms with E-state index in [1.165, 1.54) is 0 Å². The highest BCUT2D eigenvalue weighted by molar-refractivity contribution is 5.49. The van der Waals surface area contributed by atoms with Gasteiger partial charge in [0.15, 0.2) is 0 Å². The Kier molecular flexibility index (Phi) is 9.30. The molecule has 0 aromatic rings. The molecule has 13 heavy (non-hydrogen) atoms. The molecule has 0 amide bonds. The molecule has 0 aliphatic heterocycles. The van der Waals surface area contributed by atoms with Crippen LogP contribution in [0.4, 0.5) is 0 Å². The zero-order chi connectivity index (χ0) is 9.94. The predicted octanol–water partition coefficient (Wildman–Crippen LogP) is 0.379. The van der Waals surface area contributed by atoms with Crippen molar-refractivity contribution in [3.05, 3.63) is 0 Å². The second-order valence-corrected chi connectivity index (χ2v) is 2.70. The fourth-order valence-electron chi connectivity index (χ4n) is 0.689. The second-order valence-electron chi connectivity index (χ2n) is 2.70. The van der Waals surface area contributed by atoms with Gasteiger partial charge < -0.3 is 19.4 Å². The highest BCUT2D eigenvalue weighted by Gasteiger charge is 1.99. The lowest BCUT2D eigenvalue weighted by Gasteiger charge is -2.08. The van der Waals surface area contributed by atoms with Crippen molar-refractivity contribution in [2.45, 2.75) is 25.9 Å². The highest BCUT2D eigenvalue weighted by atomic mass is 16.5. The van der Waals surface area contributed by atoms with Crippen molar-refractivity contribution in [3.8, 4) is 0 Å². The maximum Gasteiger partial charge on any atom is 0.122 e. The molecule has 1 atom stereocenters. The zero-order valence-corrected chi connectivity index (χ0v) is 8.07. The second kappa shape index (κ2) is 9.64. The number of carbonyl (C=O) groups is 1. The summed E-state index contributed by atoms with van der Waals surface area (Å²) in [5.41, 5.74) is 0. The Hall–Kier alpha value is -0.450. The molecule has 0 aromatic heterocycles. The number of aliphatic hydroxyl groups is 1. The zero-order valence-electron chi connectivity index (χ0n) is 8.07. The van der Waals surface area contributed by atoms with Crippen LogP contribution in [0.25, 0.3) is 0 Å². The Morgan fingerprint density at radius 3 is 2.62 bits per heavy atom. The summed E-state index contributed by atoms with van der Waals surface area (Å²) in [5, 5.41) is 9.09. The van der Waals surface area contributed by atoms with Crippen molar-refractivity contribution in [1.82, 2.24) is 0 Å². The van der Waals surface area contributed by atoms with Crippen LogP contribution in [-0.2, 0) is 14.3 Å². The van der Waals surface area contributed by atoms with Crippen LogP contribution in [0.3, 0.4) is 0 Å². The summed E-state index contributed by atoms with van der Waals surface area (Å²) < 4.78 is 10.2. The van der Waals surface area contributed by atoms with Crippen molar-refractivity contribution in [1.29, 1.82) is 0 Å². The summed E-state index contributed by atoms with van der Waals surface area (Å²) in [6, 6.07) is 0. The molecule has 4 nitrogen and oxygen atoms in total. The molecule has 0 saturated carbocycles. The van der Waals surface area contributed by atoms with Crippen LogP contribution in [0.5, 0.6) is 0 Å². The van der Waals surface area contributed by atoms with Gasteiger partial charge in [-0.05, 0) is 6.42 Å². The Labute approximate surface area is 78.8 Å². The lowest BCUT2D eigenvalue weighted by molar-refractivity contribution is -0.109. The van der Waals surface area contributed by atoms with E-state index >= 15 is 0 Å². The van der Waals surface area contributed by atoms with Gasteiger partial charge in [-0.25, -0.2) is 0 Å². The average molecular weight is 190 g/mol. The van der Waals surface area contributed by atoms with Gasteiger partial charge in [0.05, 0.1) is 32.5 Å². The van der Waals surface area contributed by atoms with Crippen LogP contribution >= 0.6 is 0 Å². The molecule has 4 heteroatoms. The van der Waals surface area contributed by atoms with Crippen LogP contribution in [0.1, 0.15) is 19.8 Å². The molecule has 0 aromatic carbocycles. The molecule has 1 unspecified atom stereocenters. The smallest absolute Gasteiger partial charge is 0.122 e. The molecule has 0 radical (unpaired) electrons. The molecular formula is C9H18O4. The Bertz CT molecular complexity index is 116. The minimum Gasteiger partial charge on any atom is -0.391 e. The van der Waals surface area contributed by atoms with Crippen LogP contribution < -0.4 is 0 Å². The van der Waals surface area contributed by atoms with Crippen LogP contribution in [-0.4, -0.2) is 43.9 Å². The fourth-order valence-corrected chi connectivity index (χ4v) is 0.689. The summed E-state index contributed by atoms with van der Waals surface area (Å²) in [7, 11) is 0. The van der Waals surface area contributed by atoms with Gasteiger partial charge in [-0.15, -0.1) is 0 Å². The average Bonchev–Trinajstić information content (AvgIpc) is 2.16. The van der Waals surface area contributed by atoms with E-state index in [-0.39, 0.29) is 6.10 Å². The van der Waals surface area contributed by atoms with Crippen LogP contribution in [0, 0.1) is 0 Å². The Morgan fingerprint density at radius 2 is 2.00 bits per heavy atom. The van der Waals surface area contributed by atoms with Crippen molar-refractivity contribution in [2.24, 2.45) is 0 Å². The SMILES string of the molecule is CCC(O)COCCOCCC=O. The summed E-state index contributed by atoms with van der Waals surface area (Å²) in [5.74, 6) is 0. The van der Waals surface area contributed by atoms with E-state index in [9.17, 15) is 4.79 Å². The topological polar surface area (TPSA) is 55.8 Å². The van der Waals surface area contributed by atoms with E-state index in [4.69, 9.17) is 14.6 Å². The molecule has 0 fully saturated rings. The van der Waals surface area contributed by atoms with Gasteiger partial charge in [0, 0.05) is 6.42 Å². The van der Waals surface area contributed by atoms with E-state index in [0.29, 0.717) is 39.3 Å². The van der Waals surface area contributed by atoms with Gasteiger partial charge >= 0.3 is 0 Å². The normalized spacial score (nSPS) is 12.8. The maximum atomic E-state index is 9.88. The van der Waals surface area contributed by atoms with Crippen LogP contribution in [0.15, 0.2) is 0 Å². The largest absolute Gasteiger partial charge is 0.391 e. The Balaban J connectivity index is 2.95. The number of aldehydes is 1. The van der Waals surface area contributed by atoms with Gasteiger partial charge in [-0.3, -0.25) is 0 Å². The first kappa shape index (κ1) is 12.6. The monoisotopic (exact) mass is 190 g/mol. The van der Waals surface area contributed by atoms with Gasteiger partial charge in [0.25, 0.3) is 0 Å². The molecule has 78 valence electrons. The molecular weight excluding hydrogens is 172 g/mol. The van der Waals surface area contributed by atoms with E-state index in [0.717, 1.165) is 6.29 Å². The third-order valence-corrected chi connectivity index (χ3v) is 1.53. The van der Waals surface area contributed by atoms with Crippen molar-refractivity contribution in [3.63, 3.8) is 0 Å². The molecule has 0 saturated heterocycles. The summed E-state index contributed by atoms with van der Waals surface area (Å²) in [4.78, 5) is 9.88. The molecule has 0 aliphatic rings. The number of rotatable bonds is 9. The molecule has 0 aliphatic carbocycles. The van der Waals surface area contributed by atoms with Gasteiger partial charge in [0.2, 0.25) is 0 Å². The van der Waals surface area contributed by atoms with E-state index in [1.54, 1.807) is 0 Å². The third-order valence-electron chi connectivity index (χ3n) is 1.53. The van der Waals surface area contributed by atoms with Gasteiger partial charge in [-0.2, -0.15) is 0 Å². The molecule has 0 spiro atoms. The maximum absolute atomic E-state index is 9.88. The first-order valence-corrected chi connectivity index (χ1v) is 4.58. The lowest BCUT2D eigenvalue weighted by Crippen LogP contribution is -2.16. The van der Waals surface area contributed by atoms with Gasteiger partial charge in [-0.1, -0.05) is 6.92 Å². The number of carbonyl (C=O) groups excluding carboxylic acids is 1. The number of ether oxygens (including phenoxy) is 2.